The second-order valence-corrected chi connectivity index (χ2v) is 6.40. The molecule has 1 amide bonds. The van der Waals surface area contributed by atoms with Gasteiger partial charge in [0.1, 0.15) is 6.61 Å². The lowest BCUT2D eigenvalue weighted by atomic mass is 9.76. The van der Waals surface area contributed by atoms with Crippen molar-refractivity contribution in [3.63, 3.8) is 0 Å². The Hall–Kier alpha value is -1.97. The van der Waals surface area contributed by atoms with Crippen LogP contribution in [0.25, 0.3) is 5.53 Å². The van der Waals surface area contributed by atoms with Crippen molar-refractivity contribution in [3.8, 4) is 0 Å². The summed E-state index contributed by atoms with van der Waals surface area (Å²) >= 11 is 4.24. The number of Topliss-reactive ketones (excluding diaryl/α,β-unsaturated/α-hetero) is 1. The highest BCUT2D eigenvalue weighted by Crippen LogP contribution is 2.26. The molecule has 1 heterocycles. The average molecular weight is 644 g/mol. The van der Waals surface area contributed by atoms with Gasteiger partial charge in [0.05, 0.1) is 23.0 Å². The summed E-state index contributed by atoms with van der Waals surface area (Å²) in [6, 6.07) is 4.50. The van der Waals surface area contributed by atoms with E-state index < -0.39 is 52.3 Å². The molecule has 0 aliphatic carbocycles. The maximum atomic E-state index is 12.5. The first-order valence-electron chi connectivity index (χ1n) is 8.46. The lowest BCUT2D eigenvalue weighted by molar-refractivity contribution is -0.384. The Bertz CT molecular complexity index is 869. The highest BCUT2D eigenvalue weighted by Gasteiger charge is 2.50. The van der Waals surface area contributed by atoms with Crippen LogP contribution in [-0.4, -0.2) is 50.3 Å². The first-order chi connectivity index (χ1) is 14.2. The summed E-state index contributed by atoms with van der Waals surface area (Å²) in [7, 11) is 0. The highest BCUT2D eigenvalue weighted by molar-refractivity contribution is 15.0. The topological polar surface area (TPSA) is 172 Å². The molecule has 0 saturated carbocycles. The van der Waals surface area contributed by atoms with Crippen molar-refractivity contribution >= 4 is 66.3 Å². The first kappa shape index (κ1) is 26.1. The molecule has 4 atom stereocenters. The van der Waals surface area contributed by atoms with Crippen LogP contribution in [0.2, 0.25) is 0 Å². The Morgan fingerprint density at radius 1 is 1.33 bits per heavy atom. The van der Waals surface area contributed by atoms with Gasteiger partial charge in [0, 0.05) is 55.3 Å². The first-order valence-corrected chi connectivity index (χ1v) is 14.7. The zero-order valence-electron chi connectivity index (χ0n) is 15.8. The third-order valence-corrected chi connectivity index (χ3v) is 4.51. The Labute approximate surface area is 194 Å². The van der Waals surface area contributed by atoms with Gasteiger partial charge >= 0.3 is 11.7 Å². The van der Waals surface area contributed by atoms with Gasteiger partial charge in [0.2, 0.25) is 5.91 Å². The number of aliphatic hydroxyl groups excluding tert-OH is 1. The summed E-state index contributed by atoms with van der Waals surface area (Å²) < 4.78 is 4.92. The monoisotopic (exact) mass is 644 g/mol. The fourth-order valence-electron chi connectivity index (χ4n) is 2.87. The third-order valence-electron chi connectivity index (χ3n) is 4.51. The number of ketones is 1. The van der Waals surface area contributed by atoms with E-state index in [1.54, 1.807) is 0 Å². The molecular weight excluding hydrogens is 626 g/mol. The molecule has 13 heteroatoms. The van der Waals surface area contributed by atoms with Crippen molar-refractivity contribution in [1.29, 1.82) is 0 Å². The van der Waals surface area contributed by atoms with Crippen molar-refractivity contribution in [1.82, 2.24) is 5.32 Å². The Morgan fingerprint density at radius 2 is 1.90 bits per heavy atom. The number of rotatable bonds is 8. The van der Waals surface area contributed by atoms with Crippen LogP contribution in [0, 0.1) is 22.0 Å². The highest BCUT2D eigenvalue weighted by atomic mass is 128. The van der Waals surface area contributed by atoms with Crippen LogP contribution in [0.4, 0.5) is 5.69 Å². The Kier molecular flexibility index (Phi) is 10.4. The largest absolute Gasteiger partial charge is 0.452 e. The number of hydrogen-bond acceptors (Lipinski definition) is 7. The van der Waals surface area contributed by atoms with Crippen LogP contribution in [0.15, 0.2) is 24.3 Å². The van der Waals surface area contributed by atoms with Gasteiger partial charge in [-0.2, -0.15) is 4.79 Å². The van der Waals surface area contributed by atoms with Crippen molar-refractivity contribution in [3.05, 3.63) is 45.5 Å². The van der Waals surface area contributed by atoms with Crippen LogP contribution in [0.3, 0.4) is 0 Å². The number of hydrogen-bond donors (Lipinski definition) is 2. The van der Waals surface area contributed by atoms with Crippen LogP contribution < -0.4 is 5.32 Å². The number of esters is 1. The predicted molar refractivity (Wildman–Crippen MR) is 121 cm³/mol. The van der Waals surface area contributed by atoms with E-state index in [1.807, 2.05) is 0 Å². The minimum Gasteiger partial charge on any atom is -0.452 e. The van der Waals surface area contributed by atoms with Gasteiger partial charge in [-0.25, -0.2) is 4.79 Å². The molecule has 0 aromatic heterocycles. The van der Waals surface area contributed by atoms with E-state index in [4.69, 9.17) is 10.3 Å². The Morgan fingerprint density at radius 3 is 2.33 bits per heavy atom. The molecule has 0 bridgehead atoms. The summed E-state index contributed by atoms with van der Waals surface area (Å²) in [4.78, 5) is 48.8. The zero-order valence-corrected chi connectivity index (χ0v) is 20.1. The van der Waals surface area contributed by atoms with E-state index in [2.05, 4.69) is 47.3 Å². The van der Waals surface area contributed by atoms with Crippen LogP contribution in [-0.2, 0) is 25.7 Å². The lowest BCUT2D eigenvalue weighted by Gasteiger charge is -2.40. The predicted octanol–water partition coefficient (Wildman–Crippen LogP) is 1.78. The van der Waals surface area contributed by atoms with Crippen LogP contribution in [0.1, 0.15) is 19.4 Å². The molecule has 162 valence electrons. The molecule has 1 aliphatic heterocycles. The summed E-state index contributed by atoms with van der Waals surface area (Å²) in [5.74, 6) is -4.20. The van der Waals surface area contributed by atoms with Gasteiger partial charge in [-0.1, -0.05) is 6.92 Å². The van der Waals surface area contributed by atoms with Crippen molar-refractivity contribution in [2.24, 2.45) is 11.8 Å². The molecule has 0 spiro atoms. The average Bonchev–Trinajstić information content (AvgIpc) is 2.71. The van der Waals surface area contributed by atoms with E-state index >= 15 is 0 Å². The van der Waals surface area contributed by atoms with Gasteiger partial charge < -0.3 is 20.7 Å². The summed E-state index contributed by atoms with van der Waals surface area (Å²) in [5, 5.41) is 22.7. The van der Waals surface area contributed by atoms with Crippen LogP contribution in [0.5, 0.6) is 0 Å². The molecule has 0 radical (unpaired) electrons. The standard InChI is InChI=1S/C17H18N4O7.I2/c1-8(13-12(9(2)22)16(24)19-13)15(23)14(20-18)17(25)28-7-10-3-5-11(6-4-10)21(26)27;1-2/h3-6,8-9,12-13,22H,7H2,1-2H3,(H,19,24);/t8-,9?,12?,13?;/m1./s1. The molecule has 30 heavy (non-hydrogen) atoms. The number of nitro benzene ring substituents is 1. The molecule has 1 saturated heterocycles. The molecule has 11 nitrogen and oxygen atoms in total. The third kappa shape index (κ3) is 6.26. The van der Waals surface area contributed by atoms with Gasteiger partial charge in [-0.05, 0) is 24.6 Å². The molecule has 1 aromatic carbocycles. The number of carbonyl (C=O) groups is 3. The maximum absolute atomic E-state index is 12.5. The maximum Gasteiger partial charge on any atom is 0.441 e. The molecule has 2 rings (SSSR count). The minimum absolute atomic E-state index is 0.132. The summed E-state index contributed by atoms with van der Waals surface area (Å²) in [6.45, 7) is 2.54. The summed E-state index contributed by atoms with van der Waals surface area (Å²) in [6.07, 6.45) is -0.988. The smallest absolute Gasteiger partial charge is 0.441 e. The van der Waals surface area contributed by atoms with Gasteiger partial charge in [-0.15, -0.1) is 0 Å². The van der Waals surface area contributed by atoms with Gasteiger partial charge in [-0.3, -0.25) is 19.7 Å². The number of amides is 1. The van der Waals surface area contributed by atoms with E-state index in [-0.39, 0.29) is 12.3 Å². The number of β-lactam (4-membered cyclic amide) rings is 1. The van der Waals surface area contributed by atoms with Gasteiger partial charge in [0.25, 0.3) is 11.5 Å². The number of nitro groups is 1. The SMILES string of the molecule is CC(O)C1C(=O)NC1[C@@H](C)C(=O)C(=[N+]=[N-])C(=O)OCc1ccc([N+](=O)[O-])cc1.II. The Balaban J connectivity index is 0.00000218. The lowest BCUT2D eigenvalue weighted by Crippen LogP contribution is -2.66. The molecule has 3 unspecified atom stereocenters. The van der Waals surface area contributed by atoms with E-state index in [1.165, 1.54) is 38.1 Å². The fraction of sp³-hybridized carbons (Fsp3) is 0.412. The zero-order chi connectivity index (χ0) is 23.0. The quantitative estimate of drug-likeness (QED) is 0.0500. The van der Waals surface area contributed by atoms with Crippen LogP contribution >= 0.6 is 37.2 Å². The number of carbonyl (C=O) groups excluding carboxylic acids is 3. The normalized spacial score (nSPS) is 18.9. The molecule has 1 fully saturated rings. The number of halogens is 2. The number of non-ortho nitro benzene ring substituents is 1. The number of nitrogens with zero attached hydrogens (tertiary/aromatic N) is 3. The van der Waals surface area contributed by atoms with Crippen molar-refractivity contribution in [2.45, 2.75) is 32.6 Å². The molecule has 2 N–H and O–H groups in total. The van der Waals surface area contributed by atoms with E-state index in [0.29, 0.717) is 5.56 Å². The van der Waals surface area contributed by atoms with E-state index in [0.717, 1.165) is 0 Å². The second kappa shape index (κ2) is 12.0. The molecule has 1 aliphatic rings. The number of nitrogens with one attached hydrogen (secondary N) is 1. The molecule has 1 aromatic rings. The molecular formula is C17H18I2N4O7. The second-order valence-electron chi connectivity index (χ2n) is 6.40. The van der Waals surface area contributed by atoms with Crippen molar-refractivity contribution in [2.75, 3.05) is 0 Å². The van der Waals surface area contributed by atoms with Crippen molar-refractivity contribution < 1.29 is 33.9 Å². The number of ether oxygens (including phenoxy) is 1. The van der Waals surface area contributed by atoms with Gasteiger partial charge in [0.15, 0.2) is 0 Å². The summed E-state index contributed by atoms with van der Waals surface area (Å²) in [5.41, 5.74) is 8.51. The number of aliphatic hydroxyl groups is 1. The number of benzene rings is 1. The minimum atomic E-state index is -1.18. The van der Waals surface area contributed by atoms with E-state index in [9.17, 15) is 29.6 Å². The fourth-order valence-corrected chi connectivity index (χ4v) is 2.87.